The van der Waals surface area contributed by atoms with Crippen molar-refractivity contribution in [3.63, 3.8) is 0 Å². The number of ketones is 1. The smallest absolute Gasteiger partial charge is 0.173 e. The molecule has 0 aromatic carbocycles. The molecule has 0 radical (unpaired) electrons. The maximum absolute atomic E-state index is 11.9. The first-order chi connectivity index (χ1) is 7.16. The molecule has 0 aliphatic carbocycles. The van der Waals surface area contributed by atoms with Crippen LogP contribution in [0.5, 0.6) is 0 Å². The minimum absolute atomic E-state index is 0.328. The summed E-state index contributed by atoms with van der Waals surface area (Å²) in [5.41, 5.74) is 1.41. The van der Waals surface area contributed by atoms with Crippen LogP contribution in [0.25, 0.3) is 0 Å². The molecule has 1 nitrogen and oxygen atoms in total. The van der Waals surface area contributed by atoms with Crippen LogP contribution in [0.15, 0.2) is 6.07 Å². The van der Waals surface area contributed by atoms with Crippen molar-refractivity contribution in [1.82, 2.24) is 0 Å². The number of carbonyl (C=O) groups is 1. The van der Waals surface area contributed by atoms with Crippen molar-refractivity contribution in [2.45, 2.75) is 32.4 Å². The fourth-order valence-corrected chi connectivity index (χ4v) is 4.08. The number of rotatable bonds is 3. The third-order valence-electron chi connectivity index (χ3n) is 2.50. The number of hydrogen-bond acceptors (Lipinski definition) is 3. The highest BCUT2D eigenvalue weighted by Gasteiger charge is 2.17. The van der Waals surface area contributed by atoms with Crippen LogP contribution in [0.4, 0.5) is 0 Å². The van der Waals surface area contributed by atoms with Gasteiger partial charge in [-0.25, -0.2) is 0 Å². The Morgan fingerprint density at radius 2 is 2.33 bits per heavy atom. The molecule has 0 saturated carbocycles. The van der Waals surface area contributed by atoms with Gasteiger partial charge in [-0.1, -0.05) is 13.8 Å². The molecular weight excluding hydrogens is 224 g/mol. The molecule has 0 unspecified atom stereocenters. The van der Waals surface area contributed by atoms with E-state index >= 15 is 0 Å². The van der Waals surface area contributed by atoms with Crippen molar-refractivity contribution in [1.29, 1.82) is 0 Å². The van der Waals surface area contributed by atoms with Crippen molar-refractivity contribution >= 4 is 28.9 Å². The molecule has 0 N–H and O–H groups in total. The van der Waals surface area contributed by atoms with Gasteiger partial charge < -0.3 is 0 Å². The van der Waals surface area contributed by atoms with E-state index in [1.807, 2.05) is 11.8 Å². The number of fused-ring (bicyclic) bond motifs is 1. The first-order valence-electron chi connectivity index (χ1n) is 5.39. The van der Waals surface area contributed by atoms with Crippen LogP contribution < -0.4 is 0 Å². The van der Waals surface area contributed by atoms with Crippen LogP contribution in [0, 0.1) is 5.92 Å². The first kappa shape index (κ1) is 11.2. The Balaban J connectivity index is 2.15. The van der Waals surface area contributed by atoms with Gasteiger partial charge in [-0.15, -0.1) is 11.3 Å². The molecular formula is C12H16OS2. The second kappa shape index (κ2) is 4.71. The number of hydrogen-bond donors (Lipinski definition) is 0. The Morgan fingerprint density at radius 3 is 3.00 bits per heavy atom. The molecule has 0 bridgehead atoms. The number of Topliss-reactive ketones (excluding diaryl/α,β-unsaturated/α-hetero) is 1. The molecule has 82 valence electrons. The molecule has 0 spiro atoms. The van der Waals surface area contributed by atoms with Crippen LogP contribution >= 0.6 is 23.1 Å². The Morgan fingerprint density at radius 1 is 1.53 bits per heavy atom. The zero-order chi connectivity index (χ0) is 10.8. The maximum atomic E-state index is 11.9. The van der Waals surface area contributed by atoms with E-state index in [9.17, 15) is 4.79 Å². The summed E-state index contributed by atoms with van der Waals surface area (Å²) in [7, 11) is 0. The van der Waals surface area contributed by atoms with Crippen molar-refractivity contribution in [3.8, 4) is 0 Å². The minimum atomic E-state index is 0.328. The number of aryl methyl sites for hydroxylation is 1. The zero-order valence-corrected chi connectivity index (χ0v) is 10.8. The molecule has 15 heavy (non-hydrogen) atoms. The standard InChI is InChI=1S/C12H16OS2/c1-8(2)5-10(13)12-6-9-7-14-4-3-11(9)15-12/h6,8H,3-5,7H2,1-2H3. The molecule has 0 fully saturated rings. The molecule has 1 aromatic heterocycles. The van der Waals surface area contributed by atoms with Gasteiger partial charge >= 0.3 is 0 Å². The van der Waals surface area contributed by atoms with Crippen LogP contribution in [0.2, 0.25) is 0 Å². The van der Waals surface area contributed by atoms with E-state index in [0.717, 1.165) is 17.1 Å². The predicted molar refractivity (Wildman–Crippen MR) is 68.0 cm³/mol. The molecule has 0 saturated heterocycles. The molecule has 1 aliphatic heterocycles. The topological polar surface area (TPSA) is 17.1 Å². The first-order valence-corrected chi connectivity index (χ1v) is 7.36. The zero-order valence-electron chi connectivity index (χ0n) is 9.21. The summed E-state index contributed by atoms with van der Waals surface area (Å²) in [5.74, 6) is 3.10. The quantitative estimate of drug-likeness (QED) is 0.748. The van der Waals surface area contributed by atoms with Crippen molar-refractivity contribution in [2.24, 2.45) is 5.92 Å². The van der Waals surface area contributed by atoms with Gasteiger partial charge in [-0.2, -0.15) is 11.8 Å². The fraction of sp³-hybridized carbons (Fsp3) is 0.583. The van der Waals surface area contributed by atoms with Gasteiger partial charge in [0, 0.05) is 17.1 Å². The van der Waals surface area contributed by atoms with Gasteiger partial charge in [-0.3, -0.25) is 4.79 Å². The normalized spacial score (nSPS) is 15.4. The van der Waals surface area contributed by atoms with Gasteiger partial charge in [0.25, 0.3) is 0 Å². The van der Waals surface area contributed by atoms with Crippen molar-refractivity contribution < 1.29 is 4.79 Å². The predicted octanol–water partition coefficient (Wildman–Crippen LogP) is 3.77. The summed E-state index contributed by atoms with van der Waals surface area (Å²) in [6.45, 7) is 4.20. The SMILES string of the molecule is CC(C)CC(=O)c1cc2c(s1)CCSC2. The second-order valence-electron chi connectivity index (χ2n) is 4.38. The molecule has 2 heterocycles. The van der Waals surface area contributed by atoms with Crippen molar-refractivity contribution in [2.75, 3.05) is 5.75 Å². The second-order valence-corrected chi connectivity index (χ2v) is 6.62. The lowest BCUT2D eigenvalue weighted by molar-refractivity contribution is 0.0972. The van der Waals surface area contributed by atoms with Crippen LogP contribution in [-0.2, 0) is 12.2 Å². The lowest BCUT2D eigenvalue weighted by atomic mass is 10.1. The minimum Gasteiger partial charge on any atom is -0.293 e. The summed E-state index contributed by atoms with van der Waals surface area (Å²) in [6.07, 6.45) is 1.84. The summed E-state index contributed by atoms with van der Waals surface area (Å²) < 4.78 is 0. The van der Waals surface area contributed by atoms with Gasteiger partial charge in [0.1, 0.15) is 0 Å². The lowest BCUT2D eigenvalue weighted by Gasteiger charge is -2.08. The van der Waals surface area contributed by atoms with E-state index < -0.39 is 0 Å². The molecule has 0 atom stereocenters. The Labute approximate surface area is 99.3 Å². The van der Waals surface area contributed by atoms with E-state index in [0.29, 0.717) is 18.1 Å². The summed E-state index contributed by atoms with van der Waals surface area (Å²) in [4.78, 5) is 14.3. The Kier molecular flexibility index (Phi) is 3.52. The van der Waals surface area contributed by atoms with Crippen LogP contribution in [-0.4, -0.2) is 11.5 Å². The molecule has 1 aromatic rings. The van der Waals surface area contributed by atoms with E-state index in [-0.39, 0.29) is 0 Å². The van der Waals surface area contributed by atoms with E-state index in [4.69, 9.17) is 0 Å². The van der Waals surface area contributed by atoms with Gasteiger partial charge in [0.15, 0.2) is 5.78 Å². The van der Waals surface area contributed by atoms with Gasteiger partial charge in [-0.05, 0) is 29.7 Å². The highest BCUT2D eigenvalue weighted by atomic mass is 32.2. The number of thioether (sulfide) groups is 1. The monoisotopic (exact) mass is 240 g/mol. The third kappa shape index (κ3) is 2.64. The number of thiophene rings is 1. The Hall–Kier alpha value is -0.280. The Bertz CT molecular complexity index is 342. The number of carbonyl (C=O) groups excluding carboxylic acids is 1. The average Bonchev–Trinajstić information content (AvgIpc) is 2.59. The molecule has 3 heteroatoms. The van der Waals surface area contributed by atoms with Gasteiger partial charge in [0.05, 0.1) is 4.88 Å². The summed E-state index contributed by atoms with van der Waals surface area (Å²) in [6, 6.07) is 2.12. The fourth-order valence-electron chi connectivity index (χ4n) is 1.76. The van der Waals surface area contributed by atoms with Crippen LogP contribution in [0.1, 0.15) is 40.4 Å². The van der Waals surface area contributed by atoms with Crippen molar-refractivity contribution in [3.05, 3.63) is 21.4 Å². The maximum Gasteiger partial charge on any atom is 0.173 e. The summed E-state index contributed by atoms with van der Waals surface area (Å²) >= 11 is 3.69. The largest absolute Gasteiger partial charge is 0.293 e. The average molecular weight is 240 g/mol. The molecule has 1 aliphatic rings. The highest BCUT2D eigenvalue weighted by molar-refractivity contribution is 7.98. The lowest BCUT2D eigenvalue weighted by Crippen LogP contribution is -2.00. The van der Waals surface area contributed by atoms with E-state index in [1.165, 1.54) is 16.2 Å². The van der Waals surface area contributed by atoms with Crippen LogP contribution in [0.3, 0.4) is 0 Å². The molecule has 0 amide bonds. The summed E-state index contributed by atoms with van der Waals surface area (Å²) in [5, 5.41) is 0. The van der Waals surface area contributed by atoms with E-state index in [1.54, 1.807) is 11.3 Å². The highest BCUT2D eigenvalue weighted by Crippen LogP contribution is 2.32. The molecule has 2 rings (SSSR count). The third-order valence-corrected chi connectivity index (χ3v) is 4.78. The van der Waals surface area contributed by atoms with E-state index in [2.05, 4.69) is 19.9 Å². The van der Waals surface area contributed by atoms with Gasteiger partial charge in [0.2, 0.25) is 0 Å².